The highest BCUT2D eigenvalue weighted by Crippen LogP contribution is 2.26. The Morgan fingerprint density at radius 3 is 2.68 bits per heavy atom. The summed E-state index contributed by atoms with van der Waals surface area (Å²) in [5.74, 6) is -0.0305. The van der Waals surface area contributed by atoms with E-state index < -0.39 is 0 Å². The number of carbonyl (C=O) groups excluding carboxylic acids is 1. The van der Waals surface area contributed by atoms with Gasteiger partial charge in [-0.05, 0) is 43.5 Å². The normalized spacial score (nSPS) is 27.8. The molecule has 2 aliphatic rings. The number of hydrogen-bond acceptors (Lipinski definition) is 4. The Labute approximate surface area is 128 Å². The summed E-state index contributed by atoms with van der Waals surface area (Å²) in [5, 5.41) is 2.96. The van der Waals surface area contributed by atoms with E-state index in [9.17, 15) is 9.18 Å². The van der Waals surface area contributed by atoms with Gasteiger partial charge in [-0.15, -0.1) is 0 Å². The van der Waals surface area contributed by atoms with Crippen molar-refractivity contribution in [3.8, 4) is 5.75 Å². The van der Waals surface area contributed by atoms with Crippen molar-refractivity contribution in [3.63, 3.8) is 0 Å². The van der Waals surface area contributed by atoms with Gasteiger partial charge in [-0.3, -0.25) is 4.79 Å². The minimum absolute atomic E-state index is 0.0748. The van der Waals surface area contributed by atoms with Crippen molar-refractivity contribution in [2.45, 2.75) is 37.5 Å². The van der Waals surface area contributed by atoms with Gasteiger partial charge in [0.1, 0.15) is 11.6 Å². The smallest absolute Gasteiger partial charge is 0.258 e. The molecule has 0 bridgehead atoms. The molecule has 0 aromatic heterocycles. The number of benzene rings is 1. The van der Waals surface area contributed by atoms with Crippen LogP contribution in [0.2, 0.25) is 0 Å². The highest BCUT2D eigenvalue weighted by Gasteiger charge is 2.34. The van der Waals surface area contributed by atoms with Crippen LogP contribution in [0.3, 0.4) is 0 Å². The number of nitrogens with one attached hydrogen (secondary N) is 1. The molecule has 0 radical (unpaired) electrons. The summed E-state index contributed by atoms with van der Waals surface area (Å²) in [6.07, 6.45) is 2.79. The number of amides is 1. The summed E-state index contributed by atoms with van der Waals surface area (Å²) in [7, 11) is 0. The first-order valence-corrected chi connectivity index (χ1v) is 7.61. The van der Waals surface area contributed by atoms with Gasteiger partial charge in [0, 0.05) is 6.04 Å². The predicted octanol–water partition coefficient (Wildman–Crippen LogP) is 1.66. The first-order chi connectivity index (χ1) is 10.7. The maximum Gasteiger partial charge on any atom is 0.258 e. The van der Waals surface area contributed by atoms with E-state index in [2.05, 4.69) is 5.32 Å². The third-order valence-electron chi connectivity index (χ3n) is 4.03. The summed E-state index contributed by atoms with van der Waals surface area (Å²) < 4.78 is 29.5. The molecule has 2 fully saturated rings. The third kappa shape index (κ3) is 3.96. The highest BCUT2D eigenvalue weighted by molar-refractivity contribution is 5.77. The molecule has 3 rings (SSSR count). The van der Waals surface area contributed by atoms with Crippen LogP contribution >= 0.6 is 0 Å². The van der Waals surface area contributed by atoms with Gasteiger partial charge in [0.15, 0.2) is 6.61 Å². The van der Waals surface area contributed by atoms with E-state index in [1.807, 2.05) is 0 Å². The molecule has 6 heteroatoms. The van der Waals surface area contributed by atoms with Crippen LogP contribution in [0, 0.1) is 5.82 Å². The van der Waals surface area contributed by atoms with Crippen molar-refractivity contribution in [1.82, 2.24) is 5.32 Å². The van der Waals surface area contributed by atoms with Crippen LogP contribution in [-0.2, 0) is 14.3 Å². The van der Waals surface area contributed by atoms with Gasteiger partial charge in [0.25, 0.3) is 5.91 Å². The number of fused-ring (bicyclic) bond motifs is 1. The molecular formula is C16H20FNO4. The minimum atomic E-state index is -0.330. The molecule has 0 spiro atoms. The standard InChI is InChI=1S/C16H20FNO4/c17-11-1-4-13(5-2-11)22-10-16(19)18-12-3-6-14-15(9-12)21-8-7-20-14/h1-2,4-5,12,14-15H,3,6-10H2,(H,18,19). The fourth-order valence-electron chi connectivity index (χ4n) is 2.95. The largest absolute Gasteiger partial charge is 0.484 e. The molecule has 1 amide bonds. The van der Waals surface area contributed by atoms with Crippen LogP contribution in [0.5, 0.6) is 5.75 Å². The fourth-order valence-corrected chi connectivity index (χ4v) is 2.95. The first-order valence-electron chi connectivity index (χ1n) is 7.61. The molecule has 1 saturated carbocycles. The average molecular weight is 309 g/mol. The Morgan fingerprint density at radius 2 is 1.91 bits per heavy atom. The van der Waals surface area contributed by atoms with Gasteiger partial charge in [-0.25, -0.2) is 4.39 Å². The fraction of sp³-hybridized carbons (Fsp3) is 0.562. The average Bonchev–Trinajstić information content (AvgIpc) is 2.54. The van der Waals surface area contributed by atoms with Crippen molar-refractivity contribution >= 4 is 5.91 Å². The van der Waals surface area contributed by atoms with Gasteiger partial charge in [0.05, 0.1) is 25.4 Å². The minimum Gasteiger partial charge on any atom is -0.484 e. The van der Waals surface area contributed by atoms with Gasteiger partial charge in [-0.1, -0.05) is 0 Å². The Bertz CT molecular complexity index is 507. The highest BCUT2D eigenvalue weighted by atomic mass is 19.1. The maximum absolute atomic E-state index is 12.8. The Hall–Kier alpha value is -1.66. The van der Waals surface area contributed by atoms with Crippen LogP contribution in [0.1, 0.15) is 19.3 Å². The molecule has 1 heterocycles. The maximum atomic E-state index is 12.8. The number of hydrogen-bond donors (Lipinski definition) is 1. The molecule has 1 saturated heterocycles. The SMILES string of the molecule is O=C(COc1ccc(F)cc1)NC1CCC2OCCOC2C1. The lowest BCUT2D eigenvalue weighted by Gasteiger charge is -2.39. The molecule has 1 aromatic rings. The quantitative estimate of drug-likeness (QED) is 0.919. The van der Waals surface area contributed by atoms with E-state index in [1.54, 1.807) is 0 Å². The van der Waals surface area contributed by atoms with Gasteiger partial charge >= 0.3 is 0 Å². The molecule has 1 N–H and O–H groups in total. The lowest BCUT2D eigenvalue weighted by Crippen LogP contribution is -2.49. The van der Waals surface area contributed by atoms with E-state index in [4.69, 9.17) is 14.2 Å². The lowest BCUT2D eigenvalue weighted by atomic mass is 9.89. The molecular weight excluding hydrogens is 289 g/mol. The topological polar surface area (TPSA) is 56.8 Å². The van der Waals surface area contributed by atoms with Gasteiger partial charge in [-0.2, -0.15) is 0 Å². The Kier molecular flexibility index (Phi) is 4.90. The zero-order valence-corrected chi connectivity index (χ0v) is 12.3. The summed E-state index contributed by atoms with van der Waals surface area (Å²) in [6.45, 7) is 1.20. The molecule has 120 valence electrons. The first kappa shape index (κ1) is 15.2. The molecule has 3 unspecified atom stereocenters. The third-order valence-corrected chi connectivity index (χ3v) is 4.03. The summed E-state index contributed by atoms with van der Waals surface area (Å²) >= 11 is 0. The van der Waals surface area contributed by atoms with Crippen LogP contribution in [-0.4, -0.2) is 44.0 Å². The molecule has 5 nitrogen and oxygen atoms in total. The Balaban J connectivity index is 1.42. The zero-order chi connectivity index (χ0) is 15.4. The summed E-state index contributed by atoms with van der Waals surface area (Å²) in [6, 6.07) is 5.69. The van der Waals surface area contributed by atoms with E-state index in [-0.39, 0.29) is 36.6 Å². The van der Waals surface area contributed by atoms with Crippen LogP contribution in [0.25, 0.3) is 0 Å². The monoisotopic (exact) mass is 309 g/mol. The van der Waals surface area contributed by atoms with E-state index in [1.165, 1.54) is 24.3 Å². The van der Waals surface area contributed by atoms with Crippen LogP contribution in [0.15, 0.2) is 24.3 Å². The molecule has 1 aliphatic heterocycles. The number of halogens is 1. The number of carbonyl (C=O) groups is 1. The van der Waals surface area contributed by atoms with Crippen molar-refractivity contribution in [2.24, 2.45) is 0 Å². The number of ether oxygens (including phenoxy) is 3. The van der Waals surface area contributed by atoms with Crippen LogP contribution in [0.4, 0.5) is 4.39 Å². The zero-order valence-electron chi connectivity index (χ0n) is 12.3. The molecule has 3 atom stereocenters. The predicted molar refractivity (Wildman–Crippen MR) is 77.2 cm³/mol. The van der Waals surface area contributed by atoms with Crippen LogP contribution < -0.4 is 10.1 Å². The Morgan fingerprint density at radius 1 is 1.18 bits per heavy atom. The van der Waals surface area contributed by atoms with E-state index in [0.29, 0.717) is 19.0 Å². The van der Waals surface area contributed by atoms with Crippen molar-refractivity contribution in [1.29, 1.82) is 0 Å². The molecule has 22 heavy (non-hydrogen) atoms. The summed E-state index contributed by atoms with van der Waals surface area (Å²) in [5.41, 5.74) is 0. The second-order valence-corrected chi connectivity index (χ2v) is 5.64. The van der Waals surface area contributed by atoms with Crippen molar-refractivity contribution in [2.75, 3.05) is 19.8 Å². The second-order valence-electron chi connectivity index (χ2n) is 5.64. The van der Waals surface area contributed by atoms with Gasteiger partial charge < -0.3 is 19.5 Å². The van der Waals surface area contributed by atoms with E-state index in [0.717, 1.165) is 19.3 Å². The van der Waals surface area contributed by atoms with E-state index >= 15 is 0 Å². The van der Waals surface area contributed by atoms with Crippen molar-refractivity contribution in [3.05, 3.63) is 30.1 Å². The summed E-state index contributed by atoms with van der Waals surface area (Å²) in [4.78, 5) is 11.9. The lowest BCUT2D eigenvalue weighted by molar-refractivity contribution is -0.158. The molecule has 1 aliphatic carbocycles. The van der Waals surface area contributed by atoms with Crippen molar-refractivity contribution < 1.29 is 23.4 Å². The number of rotatable bonds is 4. The van der Waals surface area contributed by atoms with Gasteiger partial charge in [0.2, 0.25) is 0 Å². The second kappa shape index (κ2) is 7.07. The molecule has 1 aromatic carbocycles.